The Balaban J connectivity index is 3.90. The largest absolute Gasteiger partial charge is 0.480 e. The lowest BCUT2D eigenvalue weighted by Gasteiger charge is -2.19. The number of carboxylic acid groups (broad SMARTS) is 1. The normalized spacial score (nSPS) is 11.5. The Bertz CT molecular complexity index is 292. The van der Waals surface area contributed by atoms with Crippen molar-refractivity contribution < 1.29 is 24.2 Å². The molecule has 0 aromatic rings. The van der Waals surface area contributed by atoms with Gasteiger partial charge in [0.1, 0.15) is 6.04 Å². The smallest absolute Gasteiger partial charge is 0.325 e. The molecule has 1 atom stereocenters. The third-order valence-corrected chi connectivity index (χ3v) is 2.16. The van der Waals surface area contributed by atoms with Gasteiger partial charge in [0, 0.05) is 20.0 Å². The summed E-state index contributed by atoms with van der Waals surface area (Å²) in [5, 5.41) is 10.9. The summed E-state index contributed by atoms with van der Waals surface area (Å²) in [6, 6.07) is -1.42. The molecule has 0 spiro atoms. The lowest BCUT2D eigenvalue weighted by Crippen LogP contribution is -2.45. The van der Waals surface area contributed by atoms with Gasteiger partial charge in [-0.15, -0.1) is 0 Å². The molecule has 2 N–H and O–H groups in total. The number of nitrogens with one attached hydrogen (secondary N) is 1. The second-order valence-electron chi connectivity index (χ2n) is 3.61. The van der Waals surface area contributed by atoms with E-state index in [2.05, 4.69) is 10.1 Å². The summed E-state index contributed by atoms with van der Waals surface area (Å²) in [5.74, 6) is -1.43. The molecule has 0 saturated carbocycles. The second kappa shape index (κ2) is 7.48. The summed E-state index contributed by atoms with van der Waals surface area (Å²) < 4.78 is 4.45. The van der Waals surface area contributed by atoms with Gasteiger partial charge in [-0.25, -0.2) is 4.79 Å². The maximum atomic E-state index is 11.4. The summed E-state index contributed by atoms with van der Waals surface area (Å²) in [7, 11) is 2.83. The number of hydrogen-bond donors (Lipinski definition) is 2. The topological polar surface area (TPSA) is 95.9 Å². The van der Waals surface area contributed by atoms with Crippen LogP contribution in [0, 0.1) is 0 Å². The highest BCUT2D eigenvalue weighted by Gasteiger charge is 2.16. The van der Waals surface area contributed by atoms with Gasteiger partial charge in [0.05, 0.1) is 7.11 Å². The second-order valence-corrected chi connectivity index (χ2v) is 3.61. The van der Waals surface area contributed by atoms with Crippen LogP contribution < -0.4 is 5.32 Å². The van der Waals surface area contributed by atoms with Gasteiger partial charge in [-0.1, -0.05) is 0 Å². The number of hydrogen-bond acceptors (Lipinski definition) is 4. The lowest BCUT2D eigenvalue weighted by molar-refractivity contribution is -0.141. The van der Waals surface area contributed by atoms with E-state index in [-0.39, 0.29) is 12.4 Å². The zero-order valence-corrected chi connectivity index (χ0v) is 10.2. The Morgan fingerprint density at radius 2 is 2.00 bits per heavy atom. The number of aliphatic carboxylic acids is 1. The Hall–Kier alpha value is -1.79. The first kappa shape index (κ1) is 15.2. The first-order valence-electron chi connectivity index (χ1n) is 5.19. The first-order chi connectivity index (χ1) is 7.88. The summed E-state index contributed by atoms with van der Waals surface area (Å²) in [5.41, 5.74) is 0. The van der Waals surface area contributed by atoms with Crippen LogP contribution in [-0.2, 0) is 14.3 Å². The fraction of sp³-hybridized carbons (Fsp3) is 0.700. The lowest BCUT2D eigenvalue weighted by atomic mass is 10.3. The van der Waals surface area contributed by atoms with Gasteiger partial charge in [0.15, 0.2) is 0 Å². The van der Waals surface area contributed by atoms with E-state index in [0.29, 0.717) is 13.0 Å². The standard InChI is InChI=1S/C10H18N2O5/c1-7(9(14)15)11-10(16)12(2)6-4-5-8(13)17-3/h7H,4-6H2,1-3H3,(H,11,16)(H,14,15). The predicted octanol–water partition coefficient (Wildman–Crippen LogP) is 0.0541. The third kappa shape index (κ3) is 6.39. The van der Waals surface area contributed by atoms with Crippen molar-refractivity contribution >= 4 is 18.0 Å². The number of carbonyl (C=O) groups excluding carboxylic acids is 2. The molecule has 17 heavy (non-hydrogen) atoms. The monoisotopic (exact) mass is 246 g/mol. The van der Waals surface area contributed by atoms with Crippen molar-refractivity contribution in [2.75, 3.05) is 20.7 Å². The van der Waals surface area contributed by atoms with Crippen LogP contribution in [0.5, 0.6) is 0 Å². The maximum absolute atomic E-state index is 11.4. The summed E-state index contributed by atoms with van der Waals surface area (Å²) in [4.78, 5) is 34.1. The Morgan fingerprint density at radius 1 is 1.41 bits per heavy atom. The number of amides is 2. The van der Waals surface area contributed by atoms with Crippen LogP contribution in [0.4, 0.5) is 4.79 Å². The zero-order chi connectivity index (χ0) is 13.4. The molecule has 0 fully saturated rings. The van der Waals surface area contributed by atoms with E-state index < -0.39 is 18.0 Å². The SMILES string of the molecule is COC(=O)CCCN(C)C(=O)NC(C)C(=O)O. The minimum atomic E-state index is -1.10. The van der Waals surface area contributed by atoms with Crippen LogP contribution in [0.2, 0.25) is 0 Å². The minimum absolute atomic E-state index is 0.225. The molecule has 0 aromatic heterocycles. The van der Waals surface area contributed by atoms with E-state index in [4.69, 9.17) is 5.11 Å². The first-order valence-corrected chi connectivity index (χ1v) is 5.19. The fourth-order valence-corrected chi connectivity index (χ4v) is 1.02. The molecule has 0 rings (SSSR count). The van der Waals surface area contributed by atoms with Gasteiger partial charge in [-0.3, -0.25) is 9.59 Å². The zero-order valence-electron chi connectivity index (χ0n) is 10.2. The number of carboxylic acids is 1. The Morgan fingerprint density at radius 3 is 2.47 bits per heavy atom. The summed E-state index contributed by atoms with van der Waals surface area (Å²) in [6.45, 7) is 1.73. The highest BCUT2D eigenvalue weighted by atomic mass is 16.5. The molecule has 0 aliphatic heterocycles. The molecule has 0 aliphatic carbocycles. The Labute approximate surface area is 99.7 Å². The van der Waals surface area contributed by atoms with E-state index in [1.165, 1.54) is 26.0 Å². The number of nitrogens with zero attached hydrogens (tertiary/aromatic N) is 1. The average Bonchev–Trinajstić information content (AvgIpc) is 2.28. The number of carbonyl (C=O) groups is 3. The molecule has 0 aromatic carbocycles. The molecule has 0 aliphatic rings. The highest BCUT2D eigenvalue weighted by Crippen LogP contribution is 1.96. The molecule has 2 amide bonds. The van der Waals surface area contributed by atoms with Crippen molar-refractivity contribution in [3.05, 3.63) is 0 Å². The quantitative estimate of drug-likeness (QED) is 0.646. The van der Waals surface area contributed by atoms with Crippen molar-refractivity contribution in [1.29, 1.82) is 0 Å². The van der Waals surface area contributed by atoms with Crippen LogP contribution in [0.1, 0.15) is 19.8 Å². The highest BCUT2D eigenvalue weighted by molar-refractivity contribution is 5.82. The number of methoxy groups -OCH3 is 1. The third-order valence-electron chi connectivity index (χ3n) is 2.16. The molecule has 0 radical (unpaired) electrons. The van der Waals surface area contributed by atoms with E-state index in [1.54, 1.807) is 0 Å². The van der Waals surface area contributed by atoms with Crippen LogP contribution >= 0.6 is 0 Å². The number of ether oxygens (including phenoxy) is 1. The molecule has 98 valence electrons. The molecule has 0 heterocycles. The van der Waals surface area contributed by atoms with E-state index in [0.717, 1.165) is 0 Å². The van der Waals surface area contributed by atoms with Crippen molar-refractivity contribution in [3.63, 3.8) is 0 Å². The van der Waals surface area contributed by atoms with Crippen molar-refractivity contribution in [1.82, 2.24) is 10.2 Å². The van der Waals surface area contributed by atoms with Crippen LogP contribution in [-0.4, -0.2) is 54.7 Å². The number of urea groups is 1. The maximum Gasteiger partial charge on any atom is 0.325 e. The van der Waals surface area contributed by atoms with E-state index >= 15 is 0 Å². The van der Waals surface area contributed by atoms with Gasteiger partial charge in [0.2, 0.25) is 0 Å². The molecule has 1 unspecified atom stereocenters. The van der Waals surface area contributed by atoms with Crippen molar-refractivity contribution in [2.45, 2.75) is 25.8 Å². The number of rotatable bonds is 6. The van der Waals surface area contributed by atoms with E-state index in [9.17, 15) is 14.4 Å². The average molecular weight is 246 g/mol. The van der Waals surface area contributed by atoms with Gasteiger partial charge in [-0.05, 0) is 13.3 Å². The summed E-state index contributed by atoms with van der Waals surface area (Å²) >= 11 is 0. The molecule has 0 saturated heterocycles. The fourth-order valence-electron chi connectivity index (χ4n) is 1.02. The van der Waals surface area contributed by atoms with Gasteiger partial charge in [0.25, 0.3) is 0 Å². The molecule has 7 nitrogen and oxygen atoms in total. The van der Waals surface area contributed by atoms with Crippen LogP contribution in [0.25, 0.3) is 0 Å². The van der Waals surface area contributed by atoms with Crippen LogP contribution in [0.15, 0.2) is 0 Å². The van der Waals surface area contributed by atoms with Crippen LogP contribution in [0.3, 0.4) is 0 Å². The van der Waals surface area contributed by atoms with E-state index in [1.807, 2.05) is 0 Å². The summed E-state index contributed by atoms with van der Waals surface area (Å²) in [6.07, 6.45) is 0.695. The van der Waals surface area contributed by atoms with Gasteiger partial charge < -0.3 is 20.1 Å². The van der Waals surface area contributed by atoms with Crippen molar-refractivity contribution in [3.8, 4) is 0 Å². The predicted molar refractivity (Wildman–Crippen MR) is 59.5 cm³/mol. The Kier molecular flexibility index (Phi) is 6.69. The molecule has 7 heteroatoms. The molecule has 0 bridgehead atoms. The van der Waals surface area contributed by atoms with Gasteiger partial charge in [-0.2, -0.15) is 0 Å². The molecular weight excluding hydrogens is 228 g/mol. The van der Waals surface area contributed by atoms with Gasteiger partial charge >= 0.3 is 18.0 Å². The molecular formula is C10H18N2O5. The number of esters is 1. The van der Waals surface area contributed by atoms with Crippen molar-refractivity contribution in [2.24, 2.45) is 0 Å². The minimum Gasteiger partial charge on any atom is -0.480 e.